The van der Waals surface area contributed by atoms with Gasteiger partial charge in [-0.2, -0.15) is 0 Å². The highest BCUT2D eigenvalue weighted by atomic mass is 32.1. The smallest absolute Gasteiger partial charge is 0.101 e. The summed E-state index contributed by atoms with van der Waals surface area (Å²) in [5, 5.41) is 1.24. The molecule has 18 heavy (non-hydrogen) atoms. The molecule has 1 fully saturated rings. The van der Waals surface area contributed by atoms with Crippen molar-refractivity contribution in [1.29, 1.82) is 0 Å². The standard InChI is InChI=1S/C15H18N2S/c1-10-4-3-5-12(8-10)13-11(2)18-14(17-13)15(9-16)6-7-15/h3-5,8H,6-7,9,16H2,1-2H3. The Bertz CT molecular complexity index is 582. The number of hydrogen-bond acceptors (Lipinski definition) is 3. The van der Waals surface area contributed by atoms with Gasteiger partial charge in [0.1, 0.15) is 5.01 Å². The molecule has 1 heterocycles. The van der Waals surface area contributed by atoms with Gasteiger partial charge in [-0.1, -0.05) is 23.8 Å². The van der Waals surface area contributed by atoms with Crippen LogP contribution in [-0.2, 0) is 5.41 Å². The van der Waals surface area contributed by atoms with Gasteiger partial charge in [0.15, 0.2) is 0 Å². The molecule has 94 valence electrons. The summed E-state index contributed by atoms with van der Waals surface area (Å²) < 4.78 is 0. The molecule has 1 aliphatic rings. The first-order chi connectivity index (χ1) is 8.64. The predicted molar refractivity (Wildman–Crippen MR) is 77.0 cm³/mol. The summed E-state index contributed by atoms with van der Waals surface area (Å²) in [6.45, 7) is 5.01. The molecular weight excluding hydrogens is 240 g/mol. The molecule has 0 spiro atoms. The van der Waals surface area contributed by atoms with Gasteiger partial charge in [-0.25, -0.2) is 4.98 Å². The van der Waals surface area contributed by atoms with Crippen LogP contribution in [0.25, 0.3) is 11.3 Å². The number of nitrogens with zero attached hydrogens (tertiary/aromatic N) is 1. The Kier molecular flexibility index (Phi) is 2.76. The first-order valence-electron chi connectivity index (χ1n) is 6.40. The van der Waals surface area contributed by atoms with Crippen LogP contribution in [0, 0.1) is 13.8 Å². The van der Waals surface area contributed by atoms with Gasteiger partial charge in [-0.3, -0.25) is 0 Å². The Labute approximate surface area is 112 Å². The average molecular weight is 258 g/mol. The zero-order valence-corrected chi connectivity index (χ0v) is 11.7. The Morgan fingerprint density at radius 2 is 2.11 bits per heavy atom. The topological polar surface area (TPSA) is 38.9 Å². The second kappa shape index (κ2) is 4.18. The molecule has 3 heteroatoms. The molecule has 0 aliphatic heterocycles. The molecule has 1 aliphatic carbocycles. The molecule has 2 aromatic rings. The Balaban J connectivity index is 2.03. The van der Waals surface area contributed by atoms with E-state index in [-0.39, 0.29) is 5.41 Å². The Morgan fingerprint density at radius 3 is 2.72 bits per heavy atom. The van der Waals surface area contributed by atoms with E-state index in [1.807, 2.05) is 11.3 Å². The van der Waals surface area contributed by atoms with Gasteiger partial charge in [-0.15, -0.1) is 11.3 Å². The zero-order valence-electron chi connectivity index (χ0n) is 10.9. The largest absolute Gasteiger partial charge is 0.329 e. The maximum Gasteiger partial charge on any atom is 0.101 e. The molecule has 1 saturated carbocycles. The van der Waals surface area contributed by atoms with Crippen molar-refractivity contribution in [3.05, 3.63) is 39.7 Å². The summed E-state index contributed by atoms with van der Waals surface area (Å²) >= 11 is 1.82. The average Bonchev–Trinajstić information content (AvgIpc) is 3.07. The summed E-state index contributed by atoms with van der Waals surface area (Å²) in [5.74, 6) is 0. The lowest BCUT2D eigenvalue weighted by Gasteiger charge is -2.06. The van der Waals surface area contributed by atoms with Gasteiger partial charge in [0.2, 0.25) is 0 Å². The van der Waals surface area contributed by atoms with Crippen molar-refractivity contribution >= 4 is 11.3 Å². The highest BCUT2D eigenvalue weighted by Crippen LogP contribution is 2.49. The lowest BCUT2D eigenvalue weighted by atomic mass is 10.1. The van der Waals surface area contributed by atoms with E-state index in [2.05, 4.69) is 38.1 Å². The summed E-state index contributed by atoms with van der Waals surface area (Å²) in [6.07, 6.45) is 2.40. The molecule has 3 rings (SSSR count). The van der Waals surface area contributed by atoms with E-state index < -0.39 is 0 Å². The van der Waals surface area contributed by atoms with Crippen molar-refractivity contribution < 1.29 is 0 Å². The molecule has 0 saturated heterocycles. The van der Waals surface area contributed by atoms with Gasteiger partial charge in [-0.05, 0) is 32.8 Å². The van der Waals surface area contributed by atoms with Gasteiger partial charge in [0.25, 0.3) is 0 Å². The maximum absolute atomic E-state index is 5.89. The lowest BCUT2D eigenvalue weighted by molar-refractivity contribution is 0.698. The van der Waals surface area contributed by atoms with Gasteiger partial charge >= 0.3 is 0 Å². The highest BCUT2D eigenvalue weighted by Gasteiger charge is 2.45. The predicted octanol–water partition coefficient (Wildman–Crippen LogP) is 3.42. The normalized spacial score (nSPS) is 16.8. The molecule has 0 atom stereocenters. The van der Waals surface area contributed by atoms with Crippen molar-refractivity contribution in [2.24, 2.45) is 5.73 Å². The van der Waals surface area contributed by atoms with Crippen LogP contribution in [0.5, 0.6) is 0 Å². The fourth-order valence-corrected chi connectivity index (χ4v) is 3.53. The Morgan fingerprint density at radius 1 is 1.33 bits per heavy atom. The van der Waals surface area contributed by atoms with Crippen molar-refractivity contribution in [3.63, 3.8) is 0 Å². The first-order valence-corrected chi connectivity index (χ1v) is 7.21. The maximum atomic E-state index is 5.89. The Hall–Kier alpha value is -1.19. The lowest BCUT2D eigenvalue weighted by Crippen LogP contribution is -2.19. The molecule has 0 bridgehead atoms. The van der Waals surface area contributed by atoms with Crippen LogP contribution in [-0.4, -0.2) is 11.5 Å². The van der Waals surface area contributed by atoms with Gasteiger partial charge in [0.05, 0.1) is 5.69 Å². The van der Waals surface area contributed by atoms with E-state index in [0.717, 1.165) is 12.2 Å². The fourth-order valence-electron chi connectivity index (χ4n) is 2.34. The van der Waals surface area contributed by atoms with Crippen LogP contribution in [0.15, 0.2) is 24.3 Å². The molecule has 1 aromatic heterocycles. The van der Waals surface area contributed by atoms with Crippen LogP contribution in [0.2, 0.25) is 0 Å². The zero-order chi connectivity index (χ0) is 12.8. The summed E-state index contributed by atoms with van der Waals surface area (Å²) in [7, 11) is 0. The minimum Gasteiger partial charge on any atom is -0.329 e. The van der Waals surface area contributed by atoms with E-state index in [0.29, 0.717) is 0 Å². The number of benzene rings is 1. The third-order valence-corrected chi connectivity index (χ3v) is 5.00. The molecule has 2 N–H and O–H groups in total. The molecule has 0 unspecified atom stereocenters. The number of aromatic nitrogens is 1. The molecule has 1 aromatic carbocycles. The van der Waals surface area contributed by atoms with Gasteiger partial charge < -0.3 is 5.73 Å². The number of thiazole rings is 1. The summed E-state index contributed by atoms with van der Waals surface area (Å²) in [6, 6.07) is 8.56. The quantitative estimate of drug-likeness (QED) is 0.916. The van der Waals surface area contributed by atoms with E-state index in [4.69, 9.17) is 10.7 Å². The number of hydrogen-bond donors (Lipinski definition) is 1. The molecule has 0 radical (unpaired) electrons. The minimum absolute atomic E-state index is 0.206. The third kappa shape index (κ3) is 1.88. The van der Waals surface area contributed by atoms with E-state index in [1.165, 1.54) is 33.9 Å². The van der Waals surface area contributed by atoms with Crippen molar-refractivity contribution in [2.45, 2.75) is 32.1 Å². The summed E-state index contributed by atoms with van der Waals surface area (Å²) in [4.78, 5) is 6.17. The molecular formula is C15H18N2S. The molecule has 0 amide bonds. The van der Waals surface area contributed by atoms with Crippen molar-refractivity contribution in [2.75, 3.05) is 6.54 Å². The van der Waals surface area contributed by atoms with E-state index in [1.54, 1.807) is 0 Å². The van der Waals surface area contributed by atoms with Gasteiger partial charge in [0, 0.05) is 22.4 Å². The van der Waals surface area contributed by atoms with Crippen molar-refractivity contribution in [1.82, 2.24) is 4.98 Å². The van der Waals surface area contributed by atoms with Crippen LogP contribution in [0.1, 0.15) is 28.3 Å². The third-order valence-electron chi connectivity index (χ3n) is 3.79. The van der Waals surface area contributed by atoms with Crippen molar-refractivity contribution in [3.8, 4) is 11.3 Å². The van der Waals surface area contributed by atoms with Crippen LogP contribution >= 0.6 is 11.3 Å². The van der Waals surface area contributed by atoms with Crippen LogP contribution in [0.4, 0.5) is 0 Å². The summed E-state index contributed by atoms with van der Waals surface area (Å²) in [5.41, 5.74) is 9.74. The fraction of sp³-hybridized carbons (Fsp3) is 0.400. The minimum atomic E-state index is 0.206. The highest BCUT2D eigenvalue weighted by molar-refractivity contribution is 7.12. The van der Waals surface area contributed by atoms with E-state index in [9.17, 15) is 0 Å². The number of nitrogens with two attached hydrogens (primary N) is 1. The number of aryl methyl sites for hydroxylation is 2. The first kappa shape index (κ1) is 11.9. The SMILES string of the molecule is Cc1cccc(-c2nc(C3(CN)CC3)sc2C)c1. The monoisotopic (exact) mass is 258 g/mol. The molecule has 2 nitrogen and oxygen atoms in total. The van der Waals surface area contributed by atoms with Crippen LogP contribution < -0.4 is 5.73 Å². The van der Waals surface area contributed by atoms with Crippen LogP contribution in [0.3, 0.4) is 0 Å². The second-order valence-electron chi connectivity index (χ2n) is 5.28. The van der Waals surface area contributed by atoms with E-state index >= 15 is 0 Å². The number of rotatable bonds is 3. The second-order valence-corrected chi connectivity index (χ2v) is 6.48.